The van der Waals surface area contributed by atoms with Crippen LogP contribution in [-0.4, -0.2) is 19.7 Å². The highest BCUT2D eigenvalue weighted by Gasteiger charge is 2.07. The minimum Gasteiger partial charge on any atom is -0.497 e. The van der Waals surface area contributed by atoms with E-state index in [0.717, 1.165) is 17.1 Å². The second kappa shape index (κ2) is 8.72. The standard InChI is InChI=1S/C22H20O4/c1-24-19-11-7-17(8-12-19)15-16-25-22(23)18-9-13-21(14-10-18)26-20-5-3-2-4-6-20/h2-14H,15-16H2,1H3. The third kappa shape index (κ3) is 4.86. The van der Waals surface area contributed by atoms with Crippen molar-refractivity contribution in [3.05, 3.63) is 90.0 Å². The quantitative estimate of drug-likeness (QED) is 0.571. The number of methoxy groups -OCH3 is 1. The van der Waals surface area contributed by atoms with Crippen LogP contribution in [0.15, 0.2) is 78.9 Å². The summed E-state index contributed by atoms with van der Waals surface area (Å²) in [6.07, 6.45) is 0.658. The van der Waals surface area contributed by atoms with E-state index in [2.05, 4.69) is 0 Å². The Morgan fingerprint density at radius 2 is 1.38 bits per heavy atom. The third-order valence-electron chi connectivity index (χ3n) is 3.85. The summed E-state index contributed by atoms with van der Waals surface area (Å²) in [4.78, 5) is 12.1. The zero-order valence-corrected chi connectivity index (χ0v) is 14.6. The molecule has 0 aliphatic heterocycles. The fraction of sp³-hybridized carbons (Fsp3) is 0.136. The van der Waals surface area contributed by atoms with Gasteiger partial charge in [-0.15, -0.1) is 0 Å². The van der Waals surface area contributed by atoms with Crippen LogP contribution in [0.4, 0.5) is 0 Å². The van der Waals surface area contributed by atoms with Gasteiger partial charge in [0.2, 0.25) is 0 Å². The van der Waals surface area contributed by atoms with E-state index in [1.807, 2.05) is 54.6 Å². The Morgan fingerprint density at radius 3 is 2.04 bits per heavy atom. The van der Waals surface area contributed by atoms with Gasteiger partial charge in [0.05, 0.1) is 19.3 Å². The first kappa shape index (κ1) is 17.5. The van der Waals surface area contributed by atoms with Crippen molar-refractivity contribution in [3.63, 3.8) is 0 Å². The van der Waals surface area contributed by atoms with E-state index in [1.165, 1.54) is 0 Å². The molecule has 0 N–H and O–H groups in total. The van der Waals surface area contributed by atoms with Gasteiger partial charge in [-0.3, -0.25) is 0 Å². The molecule has 26 heavy (non-hydrogen) atoms. The smallest absolute Gasteiger partial charge is 0.338 e. The molecule has 3 aromatic carbocycles. The number of para-hydroxylation sites is 1. The van der Waals surface area contributed by atoms with Crippen LogP contribution in [0.5, 0.6) is 17.2 Å². The topological polar surface area (TPSA) is 44.8 Å². The Hall–Kier alpha value is -3.27. The molecule has 3 rings (SSSR count). The lowest BCUT2D eigenvalue weighted by Gasteiger charge is -2.08. The summed E-state index contributed by atoms with van der Waals surface area (Å²) >= 11 is 0. The fourth-order valence-corrected chi connectivity index (χ4v) is 2.42. The first-order chi connectivity index (χ1) is 12.7. The molecule has 0 radical (unpaired) electrons. The number of carbonyl (C=O) groups excluding carboxylic acids is 1. The molecule has 3 aromatic rings. The van der Waals surface area contributed by atoms with E-state index in [4.69, 9.17) is 14.2 Å². The summed E-state index contributed by atoms with van der Waals surface area (Å²) in [7, 11) is 1.63. The van der Waals surface area contributed by atoms with Gasteiger partial charge in [-0.05, 0) is 54.1 Å². The predicted molar refractivity (Wildman–Crippen MR) is 99.9 cm³/mol. The number of benzene rings is 3. The number of carbonyl (C=O) groups is 1. The molecule has 0 aromatic heterocycles. The zero-order chi connectivity index (χ0) is 18.2. The van der Waals surface area contributed by atoms with Crippen molar-refractivity contribution in [2.75, 3.05) is 13.7 Å². The highest BCUT2D eigenvalue weighted by atomic mass is 16.5. The van der Waals surface area contributed by atoms with Crippen molar-refractivity contribution in [1.29, 1.82) is 0 Å². The predicted octanol–water partition coefficient (Wildman–Crippen LogP) is 4.89. The summed E-state index contributed by atoms with van der Waals surface area (Å²) in [5.41, 5.74) is 1.59. The molecule has 4 heteroatoms. The maximum atomic E-state index is 12.1. The Morgan fingerprint density at radius 1 is 0.769 bits per heavy atom. The molecule has 0 saturated carbocycles. The summed E-state index contributed by atoms with van der Waals surface area (Å²) < 4.78 is 16.2. The lowest BCUT2D eigenvalue weighted by atomic mass is 10.1. The Bertz CT molecular complexity index is 824. The Kier molecular flexibility index (Phi) is 5.88. The third-order valence-corrected chi connectivity index (χ3v) is 3.85. The monoisotopic (exact) mass is 348 g/mol. The lowest BCUT2D eigenvalue weighted by molar-refractivity contribution is 0.0509. The van der Waals surface area contributed by atoms with E-state index < -0.39 is 0 Å². The Labute approximate surface area is 153 Å². The molecule has 0 bridgehead atoms. The molecule has 0 amide bonds. The van der Waals surface area contributed by atoms with E-state index in [9.17, 15) is 4.79 Å². The van der Waals surface area contributed by atoms with Crippen LogP contribution in [0, 0.1) is 0 Å². The van der Waals surface area contributed by atoms with Crippen LogP contribution in [0.2, 0.25) is 0 Å². The van der Waals surface area contributed by atoms with Crippen molar-refractivity contribution in [2.24, 2.45) is 0 Å². The van der Waals surface area contributed by atoms with Crippen molar-refractivity contribution in [3.8, 4) is 17.2 Å². The van der Waals surface area contributed by atoms with E-state index in [-0.39, 0.29) is 5.97 Å². The van der Waals surface area contributed by atoms with Crippen LogP contribution >= 0.6 is 0 Å². The molecule has 0 unspecified atom stereocenters. The molecule has 0 aliphatic carbocycles. The number of esters is 1. The molecule has 0 heterocycles. The van der Waals surface area contributed by atoms with Crippen molar-refractivity contribution in [1.82, 2.24) is 0 Å². The highest BCUT2D eigenvalue weighted by Crippen LogP contribution is 2.21. The van der Waals surface area contributed by atoms with Gasteiger partial charge >= 0.3 is 5.97 Å². The van der Waals surface area contributed by atoms with Gasteiger partial charge in [0.15, 0.2) is 0 Å². The van der Waals surface area contributed by atoms with E-state index in [1.54, 1.807) is 31.4 Å². The number of hydrogen-bond acceptors (Lipinski definition) is 4. The van der Waals surface area contributed by atoms with Crippen LogP contribution in [0.3, 0.4) is 0 Å². The molecule has 132 valence electrons. The van der Waals surface area contributed by atoms with Crippen LogP contribution < -0.4 is 9.47 Å². The minimum atomic E-state index is -0.343. The molecule has 0 saturated heterocycles. The first-order valence-corrected chi connectivity index (χ1v) is 8.37. The van der Waals surface area contributed by atoms with E-state index in [0.29, 0.717) is 24.3 Å². The molecule has 0 atom stereocenters. The summed E-state index contributed by atoms with van der Waals surface area (Å²) in [6, 6.07) is 24.1. The number of ether oxygens (including phenoxy) is 3. The van der Waals surface area contributed by atoms with Crippen LogP contribution in [-0.2, 0) is 11.2 Å². The molecule has 4 nitrogen and oxygen atoms in total. The average molecular weight is 348 g/mol. The maximum absolute atomic E-state index is 12.1. The molecular formula is C22H20O4. The molecule has 0 spiro atoms. The number of hydrogen-bond donors (Lipinski definition) is 0. The SMILES string of the molecule is COc1ccc(CCOC(=O)c2ccc(Oc3ccccc3)cc2)cc1. The van der Waals surface area contributed by atoms with Crippen molar-refractivity contribution < 1.29 is 19.0 Å². The van der Waals surface area contributed by atoms with Gasteiger partial charge in [-0.25, -0.2) is 4.79 Å². The summed E-state index contributed by atoms with van der Waals surface area (Å²) in [5.74, 6) is 1.89. The van der Waals surface area contributed by atoms with Gasteiger partial charge in [0.1, 0.15) is 17.2 Å². The zero-order valence-electron chi connectivity index (χ0n) is 14.6. The van der Waals surface area contributed by atoms with Gasteiger partial charge < -0.3 is 14.2 Å². The van der Waals surface area contributed by atoms with Gasteiger partial charge in [-0.2, -0.15) is 0 Å². The van der Waals surface area contributed by atoms with Gasteiger partial charge in [0.25, 0.3) is 0 Å². The van der Waals surface area contributed by atoms with E-state index >= 15 is 0 Å². The summed E-state index contributed by atoms with van der Waals surface area (Å²) in [5, 5.41) is 0. The van der Waals surface area contributed by atoms with Gasteiger partial charge in [-0.1, -0.05) is 30.3 Å². The second-order valence-electron chi connectivity index (χ2n) is 5.67. The lowest BCUT2D eigenvalue weighted by Crippen LogP contribution is -2.08. The normalized spacial score (nSPS) is 10.2. The molecule has 0 fully saturated rings. The fourth-order valence-electron chi connectivity index (χ4n) is 2.42. The maximum Gasteiger partial charge on any atom is 0.338 e. The average Bonchev–Trinajstić information content (AvgIpc) is 2.70. The highest BCUT2D eigenvalue weighted by molar-refractivity contribution is 5.89. The van der Waals surface area contributed by atoms with Crippen molar-refractivity contribution in [2.45, 2.75) is 6.42 Å². The van der Waals surface area contributed by atoms with Crippen molar-refractivity contribution >= 4 is 5.97 Å². The van der Waals surface area contributed by atoms with Crippen LogP contribution in [0.1, 0.15) is 15.9 Å². The number of rotatable bonds is 7. The molecular weight excluding hydrogens is 328 g/mol. The first-order valence-electron chi connectivity index (χ1n) is 8.37. The molecule has 0 aliphatic rings. The van der Waals surface area contributed by atoms with Crippen LogP contribution in [0.25, 0.3) is 0 Å². The Balaban J connectivity index is 1.49. The summed E-state index contributed by atoms with van der Waals surface area (Å²) in [6.45, 7) is 0.327. The second-order valence-corrected chi connectivity index (χ2v) is 5.67. The van der Waals surface area contributed by atoms with Gasteiger partial charge in [0, 0.05) is 6.42 Å². The largest absolute Gasteiger partial charge is 0.497 e. The minimum absolute atomic E-state index is 0.327.